The highest BCUT2D eigenvalue weighted by molar-refractivity contribution is 7.38. The molecule has 1 amide bonds. The standard InChI is InChI=1S/C23H15N5O4S3/c1-12(13-5-3-2-4-6-13)32-22(31)26-17-14(28-35-15(17)11-24)7-8-16-25-18-19(33-16)34-20(27-18)23(9-10-23)21(29)30/h2-6,12H,9-10H2,1H3,(H,26,31)(H,29,30). The lowest BCUT2D eigenvalue weighted by Crippen LogP contribution is -2.18. The quantitative estimate of drug-likeness (QED) is 0.353. The summed E-state index contributed by atoms with van der Waals surface area (Å²) >= 11 is 3.56. The normalized spacial score (nSPS) is 14.4. The molecule has 0 saturated heterocycles. The molecule has 35 heavy (non-hydrogen) atoms. The Morgan fingerprint density at radius 2 is 1.97 bits per heavy atom. The van der Waals surface area contributed by atoms with E-state index in [1.54, 1.807) is 6.92 Å². The predicted octanol–water partition coefficient (Wildman–Crippen LogP) is 4.91. The van der Waals surface area contributed by atoms with Crippen molar-refractivity contribution in [2.75, 3.05) is 5.32 Å². The zero-order chi connectivity index (χ0) is 24.6. The molecule has 0 spiro atoms. The van der Waals surface area contributed by atoms with Crippen LogP contribution in [0.5, 0.6) is 0 Å². The Balaban J connectivity index is 1.33. The van der Waals surface area contributed by atoms with Gasteiger partial charge in [-0.25, -0.2) is 14.8 Å². The number of carboxylic acids is 1. The van der Waals surface area contributed by atoms with Gasteiger partial charge in [0, 0.05) is 0 Å². The number of fused-ring (bicyclic) bond motifs is 1. The lowest BCUT2D eigenvalue weighted by atomic mass is 10.1. The van der Waals surface area contributed by atoms with Crippen molar-refractivity contribution >= 4 is 61.6 Å². The van der Waals surface area contributed by atoms with E-state index in [2.05, 4.69) is 31.5 Å². The lowest BCUT2D eigenvalue weighted by molar-refractivity contribution is -0.140. The van der Waals surface area contributed by atoms with E-state index in [0.29, 0.717) is 28.5 Å². The minimum atomic E-state index is -0.863. The molecule has 3 aromatic heterocycles. The van der Waals surface area contributed by atoms with Gasteiger partial charge in [-0.05, 0) is 48.7 Å². The number of nitrogens with one attached hydrogen (secondary N) is 1. The van der Waals surface area contributed by atoms with Crippen molar-refractivity contribution < 1.29 is 19.4 Å². The Morgan fingerprint density at radius 1 is 1.20 bits per heavy atom. The van der Waals surface area contributed by atoms with E-state index < -0.39 is 23.6 Å². The van der Waals surface area contributed by atoms with Crippen molar-refractivity contribution in [1.82, 2.24) is 14.3 Å². The first kappa shape index (κ1) is 22.9. The highest BCUT2D eigenvalue weighted by Crippen LogP contribution is 2.51. The monoisotopic (exact) mass is 521 g/mol. The second kappa shape index (κ2) is 9.07. The molecule has 9 nitrogen and oxygen atoms in total. The topological polar surface area (TPSA) is 138 Å². The van der Waals surface area contributed by atoms with E-state index in [0.717, 1.165) is 21.1 Å². The number of carbonyl (C=O) groups is 2. The minimum Gasteiger partial charge on any atom is -0.481 e. The molecule has 1 fully saturated rings. The predicted molar refractivity (Wildman–Crippen MR) is 132 cm³/mol. The van der Waals surface area contributed by atoms with Crippen LogP contribution in [0.3, 0.4) is 0 Å². The van der Waals surface area contributed by atoms with Crippen LogP contribution in [0.15, 0.2) is 30.3 Å². The Hall–Kier alpha value is -3.84. The summed E-state index contributed by atoms with van der Waals surface area (Å²) in [7, 11) is 0. The summed E-state index contributed by atoms with van der Waals surface area (Å²) in [6, 6.07) is 11.3. The summed E-state index contributed by atoms with van der Waals surface area (Å²) in [6.07, 6.45) is -0.0359. The number of ether oxygens (including phenoxy) is 1. The van der Waals surface area contributed by atoms with Crippen molar-refractivity contribution in [3.8, 4) is 17.9 Å². The van der Waals surface area contributed by atoms with E-state index in [4.69, 9.17) is 4.74 Å². The molecular weight excluding hydrogens is 506 g/mol. The molecule has 1 unspecified atom stereocenters. The van der Waals surface area contributed by atoms with Crippen LogP contribution in [0.25, 0.3) is 9.66 Å². The maximum absolute atomic E-state index is 12.5. The summed E-state index contributed by atoms with van der Waals surface area (Å²) in [5.41, 5.74) is 0.859. The van der Waals surface area contributed by atoms with Crippen molar-refractivity contribution in [3.63, 3.8) is 0 Å². The summed E-state index contributed by atoms with van der Waals surface area (Å²) in [4.78, 5) is 33.0. The summed E-state index contributed by atoms with van der Waals surface area (Å²) in [5, 5.41) is 22.5. The molecule has 12 heteroatoms. The maximum Gasteiger partial charge on any atom is 0.412 e. The van der Waals surface area contributed by atoms with Crippen LogP contribution in [0.1, 0.15) is 52.0 Å². The maximum atomic E-state index is 12.5. The largest absolute Gasteiger partial charge is 0.481 e. The first-order chi connectivity index (χ1) is 16.9. The molecule has 0 radical (unpaired) electrons. The van der Waals surface area contributed by atoms with Crippen LogP contribution >= 0.6 is 34.2 Å². The Bertz CT molecular complexity index is 1520. The van der Waals surface area contributed by atoms with Crippen LogP contribution in [0.2, 0.25) is 0 Å². The van der Waals surface area contributed by atoms with Gasteiger partial charge in [0.25, 0.3) is 0 Å². The molecule has 0 bridgehead atoms. The van der Waals surface area contributed by atoms with Gasteiger partial charge in [-0.2, -0.15) is 9.64 Å². The van der Waals surface area contributed by atoms with Gasteiger partial charge in [-0.15, -0.1) is 11.3 Å². The number of hydrogen-bond donors (Lipinski definition) is 2. The fourth-order valence-electron chi connectivity index (χ4n) is 3.31. The highest BCUT2D eigenvalue weighted by atomic mass is 32.2. The fourth-order valence-corrected chi connectivity index (χ4v) is 6.12. The number of carbonyl (C=O) groups excluding carboxylic acids is 1. The molecular formula is C23H15N5O4S3. The molecule has 1 aliphatic rings. The molecule has 1 aliphatic carbocycles. The molecule has 4 aromatic rings. The number of nitrogens with zero attached hydrogens (tertiary/aromatic N) is 4. The Morgan fingerprint density at radius 3 is 2.63 bits per heavy atom. The van der Waals surface area contributed by atoms with Crippen molar-refractivity contribution in [2.24, 2.45) is 0 Å². The number of amides is 1. The third-order valence-corrected chi connectivity index (χ3v) is 8.46. The SMILES string of the molecule is CC(OC(=O)Nc1c(C#Cc2nc3nc(C4(C(=O)O)CC4)sc3s2)nsc1C#N)c1ccccc1. The van der Waals surface area contributed by atoms with Crippen molar-refractivity contribution in [3.05, 3.63) is 56.5 Å². The third kappa shape index (κ3) is 4.47. The third-order valence-electron chi connectivity index (χ3n) is 5.41. The van der Waals surface area contributed by atoms with E-state index in [-0.39, 0.29) is 16.3 Å². The number of benzene rings is 1. The van der Waals surface area contributed by atoms with Gasteiger partial charge < -0.3 is 9.84 Å². The minimum absolute atomic E-state index is 0.186. The number of aliphatic carboxylic acids is 1. The van der Waals surface area contributed by atoms with Gasteiger partial charge in [0.05, 0.1) is 0 Å². The number of thiazole rings is 2. The van der Waals surface area contributed by atoms with Gasteiger partial charge in [0.2, 0.25) is 0 Å². The summed E-state index contributed by atoms with van der Waals surface area (Å²) in [6.45, 7) is 1.75. The highest BCUT2D eigenvalue weighted by Gasteiger charge is 2.54. The van der Waals surface area contributed by atoms with Gasteiger partial charge in [0.15, 0.2) is 16.3 Å². The van der Waals surface area contributed by atoms with E-state index >= 15 is 0 Å². The average molecular weight is 522 g/mol. The molecule has 1 saturated carbocycles. The van der Waals surface area contributed by atoms with Crippen LogP contribution in [-0.2, 0) is 14.9 Å². The molecule has 1 aromatic carbocycles. The van der Waals surface area contributed by atoms with Crippen LogP contribution in [-0.4, -0.2) is 31.5 Å². The number of rotatable bonds is 5. The number of anilines is 1. The van der Waals surface area contributed by atoms with Crippen LogP contribution in [0.4, 0.5) is 10.5 Å². The average Bonchev–Trinajstić information content (AvgIpc) is 3.24. The number of carboxylic acid groups (broad SMARTS) is 1. The van der Waals surface area contributed by atoms with Crippen LogP contribution in [0, 0.1) is 23.2 Å². The van der Waals surface area contributed by atoms with Gasteiger partial charge in [-0.1, -0.05) is 41.7 Å². The first-order valence-electron chi connectivity index (χ1n) is 10.4. The van der Waals surface area contributed by atoms with Gasteiger partial charge >= 0.3 is 12.1 Å². The van der Waals surface area contributed by atoms with Crippen molar-refractivity contribution in [2.45, 2.75) is 31.3 Å². The van der Waals surface area contributed by atoms with E-state index in [1.165, 1.54) is 22.7 Å². The number of hydrogen-bond acceptors (Lipinski definition) is 10. The summed E-state index contributed by atoms with van der Waals surface area (Å²) in [5.74, 6) is 4.91. The zero-order valence-corrected chi connectivity index (χ0v) is 20.5. The number of nitriles is 1. The molecule has 5 rings (SSSR count). The molecule has 1 atom stereocenters. The second-order valence-corrected chi connectivity index (χ2v) is 10.7. The fraction of sp³-hybridized carbons (Fsp3) is 0.217. The molecule has 0 aliphatic heterocycles. The summed E-state index contributed by atoms with van der Waals surface area (Å²) < 4.78 is 10.4. The van der Waals surface area contributed by atoms with Gasteiger partial charge in [-0.3, -0.25) is 10.1 Å². The molecule has 2 N–H and O–H groups in total. The smallest absolute Gasteiger partial charge is 0.412 e. The zero-order valence-electron chi connectivity index (χ0n) is 18.1. The molecule has 3 heterocycles. The lowest BCUT2D eigenvalue weighted by Gasteiger charge is -2.13. The van der Waals surface area contributed by atoms with E-state index in [1.807, 2.05) is 36.4 Å². The first-order valence-corrected chi connectivity index (χ1v) is 12.8. The Kier molecular flexibility index (Phi) is 5.94. The van der Waals surface area contributed by atoms with E-state index in [9.17, 15) is 20.0 Å². The molecule has 174 valence electrons. The second-order valence-electron chi connectivity index (χ2n) is 7.72. The van der Waals surface area contributed by atoms with Crippen molar-refractivity contribution in [1.29, 1.82) is 5.26 Å². The van der Waals surface area contributed by atoms with Crippen LogP contribution < -0.4 is 5.32 Å². The Labute approximate surface area is 211 Å². The number of aromatic nitrogens is 3. The van der Waals surface area contributed by atoms with Gasteiger partial charge in [0.1, 0.15) is 37.2 Å².